The number of hydrogen-bond acceptors (Lipinski definition) is 4. The van der Waals surface area contributed by atoms with Gasteiger partial charge in [-0.3, -0.25) is 14.7 Å². The molecule has 0 aromatic heterocycles. The van der Waals surface area contributed by atoms with Crippen molar-refractivity contribution >= 4 is 60.8 Å². The zero-order chi connectivity index (χ0) is 23.2. The number of amidine groups is 1. The second-order valence-electron chi connectivity index (χ2n) is 7.31. The van der Waals surface area contributed by atoms with Crippen molar-refractivity contribution in [1.82, 2.24) is 4.90 Å². The maximum atomic E-state index is 13.5. The molecule has 1 aliphatic heterocycles. The lowest BCUT2D eigenvalue weighted by Crippen LogP contribution is -2.28. The Balaban J connectivity index is 1.69. The number of ether oxygens (including phenoxy) is 1. The lowest BCUT2D eigenvalue weighted by molar-refractivity contribution is -0.122. The fraction of sp³-hybridized carbons (Fsp3) is 0.154. The topological polar surface area (TPSA) is 41.9 Å². The van der Waals surface area contributed by atoms with Gasteiger partial charge in [-0.1, -0.05) is 76.6 Å². The molecule has 0 N–H and O–H groups in total. The first-order valence-corrected chi connectivity index (χ1v) is 12.9. The van der Waals surface area contributed by atoms with E-state index < -0.39 is 0 Å². The highest BCUT2D eigenvalue weighted by Gasteiger charge is 2.33. The van der Waals surface area contributed by atoms with E-state index in [9.17, 15) is 4.79 Å². The number of amides is 1. The summed E-state index contributed by atoms with van der Waals surface area (Å²) in [6, 6.07) is 23.9. The second kappa shape index (κ2) is 11.2. The van der Waals surface area contributed by atoms with Crippen LogP contribution in [0.3, 0.4) is 0 Å². The van der Waals surface area contributed by atoms with Crippen LogP contribution in [-0.4, -0.2) is 22.6 Å². The Morgan fingerprint density at radius 1 is 1.00 bits per heavy atom. The van der Waals surface area contributed by atoms with Gasteiger partial charge in [0.2, 0.25) is 0 Å². The lowest BCUT2D eigenvalue weighted by atomic mass is 10.1. The molecule has 1 fully saturated rings. The van der Waals surface area contributed by atoms with E-state index in [2.05, 4.69) is 31.9 Å². The Hall–Kier alpha value is -2.35. The van der Waals surface area contributed by atoms with Crippen LogP contribution >= 0.6 is 43.6 Å². The first-order valence-electron chi connectivity index (χ1n) is 10.5. The Bertz CT molecular complexity index is 1200. The monoisotopic (exact) mass is 584 g/mol. The molecule has 0 atom stereocenters. The highest BCUT2D eigenvalue weighted by Crippen LogP contribution is 2.39. The van der Waals surface area contributed by atoms with Gasteiger partial charge in [0.25, 0.3) is 5.91 Å². The third-order valence-corrected chi connectivity index (χ3v) is 7.02. The maximum absolute atomic E-state index is 13.5. The van der Waals surface area contributed by atoms with Crippen LogP contribution in [0, 0.1) is 0 Å². The summed E-state index contributed by atoms with van der Waals surface area (Å²) in [7, 11) is 0. The fourth-order valence-corrected chi connectivity index (χ4v) is 5.74. The Morgan fingerprint density at radius 3 is 2.33 bits per heavy atom. The molecule has 1 amide bonds. The number of rotatable bonds is 7. The van der Waals surface area contributed by atoms with E-state index in [1.807, 2.05) is 85.8 Å². The normalized spacial score (nSPS) is 16.1. The maximum Gasteiger partial charge on any atom is 0.267 e. The van der Waals surface area contributed by atoms with E-state index in [1.54, 1.807) is 4.90 Å². The van der Waals surface area contributed by atoms with Gasteiger partial charge < -0.3 is 4.74 Å². The molecule has 0 spiro atoms. The third-order valence-electron chi connectivity index (χ3n) is 4.92. The average Bonchev–Trinajstić information content (AvgIpc) is 3.10. The number of nitrogens with zero attached hydrogens (tertiary/aromatic N) is 2. The summed E-state index contributed by atoms with van der Waals surface area (Å²) in [4.78, 5) is 20.6. The van der Waals surface area contributed by atoms with E-state index in [0.717, 1.165) is 25.6 Å². The van der Waals surface area contributed by atoms with Crippen LogP contribution in [0.1, 0.15) is 23.6 Å². The number of hydrogen-bond donors (Lipinski definition) is 0. The van der Waals surface area contributed by atoms with E-state index in [1.165, 1.54) is 11.8 Å². The molecule has 1 saturated heterocycles. The van der Waals surface area contributed by atoms with Gasteiger partial charge in [0.1, 0.15) is 5.75 Å². The standard InChI is InChI=1S/C26H22Br2N2O2S/c1-2-32-24-20(13-21(27)15-22(24)28)14-23-25(31)30(17-19-11-7-4-8-12-19)26(33-23)29-16-18-9-5-3-6-10-18/h3-15H,2,16-17H2,1H3/b23-14+,29-26?. The predicted octanol–water partition coefficient (Wildman–Crippen LogP) is 7.28. The highest BCUT2D eigenvalue weighted by molar-refractivity contribution is 9.11. The van der Waals surface area contributed by atoms with E-state index in [4.69, 9.17) is 9.73 Å². The molecule has 3 aromatic rings. The minimum Gasteiger partial charge on any atom is -0.492 e. The van der Waals surface area contributed by atoms with Crippen LogP contribution in [0.25, 0.3) is 6.08 Å². The molecule has 0 saturated carbocycles. The van der Waals surface area contributed by atoms with Crippen LogP contribution in [0.4, 0.5) is 0 Å². The minimum atomic E-state index is -0.0609. The third kappa shape index (κ3) is 5.96. The average molecular weight is 586 g/mol. The number of benzene rings is 3. The quantitative estimate of drug-likeness (QED) is 0.274. The van der Waals surface area contributed by atoms with Crippen molar-refractivity contribution in [2.24, 2.45) is 4.99 Å². The smallest absolute Gasteiger partial charge is 0.267 e. The van der Waals surface area contributed by atoms with Gasteiger partial charge in [-0.05, 0) is 64.0 Å². The zero-order valence-electron chi connectivity index (χ0n) is 18.0. The SMILES string of the molecule is CCOc1c(Br)cc(Br)cc1/C=C1/SC(=NCc2ccccc2)N(Cc2ccccc2)C1=O. The molecule has 0 bridgehead atoms. The van der Waals surface area contributed by atoms with Crippen molar-refractivity contribution in [2.75, 3.05) is 6.61 Å². The highest BCUT2D eigenvalue weighted by atomic mass is 79.9. The fourth-order valence-electron chi connectivity index (χ4n) is 3.40. The Morgan fingerprint density at radius 2 is 1.67 bits per heavy atom. The molecule has 4 nitrogen and oxygen atoms in total. The molecular formula is C26H22Br2N2O2S. The summed E-state index contributed by atoms with van der Waals surface area (Å²) in [5, 5.41) is 0.700. The van der Waals surface area contributed by atoms with Crippen molar-refractivity contribution in [1.29, 1.82) is 0 Å². The molecule has 33 heavy (non-hydrogen) atoms. The molecular weight excluding hydrogens is 564 g/mol. The van der Waals surface area contributed by atoms with Gasteiger partial charge in [-0.25, -0.2) is 0 Å². The molecule has 0 aliphatic carbocycles. The van der Waals surface area contributed by atoms with Crippen molar-refractivity contribution in [3.8, 4) is 5.75 Å². The molecule has 3 aromatic carbocycles. The summed E-state index contributed by atoms with van der Waals surface area (Å²) in [6.45, 7) is 3.46. The van der Waals surface area contributed by atoms with Crippen LogP contribution in [0.2, 0.25) is 0 Å². The largest absolute Gasteiger partial charge is 0.492 e. The molecule has 7 heteroatoms. The van der Waals surface area contributed by atoms with Gasteiger partial charge in [0, 0.05) is 10.0 Å². The Kier molecular flexibility index (Phi) is 8.06. The predicted molar refractivity (Wildman–Crippen MR) is 143 cm³/mol. The summed E-state index contributed by atoms with van der Waals surface area (Å²) >= 11 is 8.51. The molecule has 168 valence electrons. The number of carbonyl (C=O) groups is 1. The van der Waals surface area contributed by atoms with E-state index in [-0.39, 0.29) is 5.91 Å². The summed E-state index contributed by atoms with van der Waals surface area (Å²) < 4.78 is 7.58. The van der Waals surface area contributed by atoms with Crippen LogP contribution in [-0.2, 0) is 17.9 Å². The number of thioether (sulfide) groups is 1. The number of halogens is 2. The first-order chi connectivity index (χ1) is 16.0. The summed E-state index contributed by atoms with van der Waals surface area (Å²) in [6.07, 6.45) is 1.89. The van der Waals surface area contributed by atoms with E-state index >= 15 is 0 Å². The van der Waals surface area contributed by atoms with Gasteiger partial charge in [-0.15, -0.1) is 0 Å². The number of aliphatic imine (C=N–C) groups is 1. The van der Waals surface area contributed by atoms with Crippen LogP contribution < -0.4 is 4.74 Å². The molecule has 1 heterocycles. The second-order valence-corrected chi connectivity index (χ2v) is 10.1. The summed E-state index contributed by atoms with van der Waals surface area (Å²) in [5.41, 5.74) is 2.99. The number of carbonyl (C=O) groups excluding carboxylic acids is 1. The Labute approximate surface area is 215 Å². The van der Waals surface area contributed by atoms with Crippen molar-refractivity contribution in [3.63, 3.8) is 0 Å². The van der Waals surface area contributed by atoms with Crippen LogP contribution in [0.5, 0.6) is 5.75 Å². The van der Waals surface area contributed by atoms with Crippen molar-refractivity contribution < 1.29 is 9.53 Å². The molecule has 4 rings (SSSR count). The minimum absolute atomic E-state index is 0.0609. The van der Waals surface area contributed by atoms with Crippen molar-refractivity contribution in [3.05, 3.63) is 103 Å². The van der Waals surface area contributed by atoms with Crippen molar-refractivity contribution in [2.45, 2.75) is 20.0 Å². The molecule has 0 radical (unpaired) electrons. The molecule has 1 aliphatic rings. The zero-order valence-corrected chi connectivity index (χ0v) is 22.0. The lowest BCUT2D eigenvalue weighted by Gasteiger charge is -2.16. The van der Waals surface area contributed by atoms with Gasteiger partial charge in [0.05, 0.1) is 29.1 Å². The molecule has 0 unspecified atom stereocenters. The summed E-state index contributed by atoms with van der Waals surface area (Å²) in [5.74, 6) is 0.653. The van der Waals surface area contributed by atoms with Crippen LogP contribution in [0.15, 0.2) is 91.6 Å². The van der Waals surface area contributed by atoms with Gasteiger partial charge in [0.15, 0.2) is 5.17 Å². The van der Waals surface area contributed by atoms with Gasteiger partial charge >= 0.3 is 0 Å². The first kappa shape index (κ1) is 23.8. The van der Waals surface area contributed by atoms with Gasteiger partial charge in [-0.2, -0.15) is 0 Å². The van der Waals surface area contributed by atoms with E-state index in [0.29, 0.717) is 35.5 Å².